The summed E-state index contributed by atoms with van der Waals surface area (Å²) in [6.07, 6.45) is 1.99. The van der Waals surface area contributed by atoms with Crippen molar-refractivity contribution < 1.29 is 0 Å². The highest BCUT2D eigenvalue weighted by Gasteiger charge is 2.07. The van der Waals surface area contributed by atoms with E-state index in [0.717, 1.165) is 0 Å². The summed E-state index contributed by atoms with van der Waals surface area (Å²) in [5.74, 6) is 0.467. The van der Waals surface area contributed by atoms with Gasteiger partial charge in [-0.25, -0.2) is 0 Å². The standard InChI is InChI=1S/C20H20BN/c1-14-12-19(13-22-20(14)15(2)21)18-10-8-17(9-11-18)16-6-4-3-5-7-16/h3-13,15H,21H2,1-2H3. The Labute approximate surface area is 133 Å². The van der Waals surface area contributed by atoms with Crippen LogP contribution in [0.25, 0.3) is 22.3 Å². The second-order valence-corrected chi connectivity index (χ2v) is 6.02. The first kappa shape index (κ1) is 14.6. The highest BCUT2D eigenvalue weighted by molar-refractivity contribution is 6.12. The molecule has 1 aromatic heterocycles. The molecular formula is C20H20BN. The normalized spacial score (nSPS) is 12.1. The van der Waals surface area contributed by atoms with Crippen LogP contribution in [0.5, 0.6) is 0 Å². The molecular weight excluding hydrogens is 265 g/mol. The van der Waals surface area contributed by atoms with E-state index in [4.69, 9.17) is 0 Å². The van der Waals surface area contributed by atoms with Crippen molar-refractivity contribution in [1.29, 1.82) is 0 Å². The lowest BCUT2D eigenvalue weighted by Crippen LogP contribution is -1.99. The van der Waals surface area contributed by atoms with E-state index in [1.165, 1.54) is 33.5 Å². The van der Waals surface area contributed by atoms with Crippen LogP contribution in [0.3, 0.4) is 0 Å². The number of aryl methyl sites for hydroxylation is 1. The topological polar surface area (TPSA) is 12.9 Å². The van der Waals surface area contributed by atoms with Crippen molar-refractivity contribution in [2.45, 2.75) is 19.7 Å². The molecule has 0 saturated heterocycles. The van der Waals surface area contributed by atoms with Crippen molar-refractivity contribution in [1.82, 2.24) is 4.98 Å². The summed E-state index contributed by atoms with van der Waals surface area (Å²) in [6, 6.07) is 21.4. The van der Waals surface area contributed by atoms with E-state index in [0.29, 0.717) is 5.82 Å². The Morgan fingerprint density at radius 2 is 1.36 bits per heavy atom. The van der Waals surface area contributed by atoms with Gasteiger partial charge in [-0.05, 0) is 41.1 Å². The Balaban J connectivity index is 1.92. The predicted molar refractivity (Wildman–Crippen MR) is 96.8 cm³/mol. The van der Waals surface area contributed by atoms with E-state index >= 15 is 0 Å². The zero-order valence-corrected chi connectivity index (χ0v) is 13.4. The fourth-order valence-electron chi connectivity index (χ4n) is 2.83. The number of rotatable bonds is 3. The smallest absolute Gasteiger partial charge is 0.112 e. The molecule has 0 saturated carbocycles. The molecule has 1 nitrogen and oxygen atoms in total. The van der Waals surface area contributed by atoms with E-state index < -0.39 is 0 Å². The third-order valence-corrected chi connectivity index (χ3v) is 3.99. The fraction of sp³-hybridized carbons (Fsp3) is 0.150. The van der Waals surface area contributed by atoms with Crippen molar-refractivity contribution >= 4 is 7.85 Å². The highest BCUT2D eigenvalue weighted by Crippen LogP contribution is 2.26. The molecule has 1 unspecified atom stereocenters. The molecule has 0 amide bonds. The van der Waals surface area contributed by atoms with Crippen LogP contribution < -0.4 is 0 Å². The minimum absolute atomic E-state index is 0.467. The minimum Gasteiger partial charge on any atom is -0.261 e. The fourth-order valence-corrected chi connectivity index (χ4v) is 2.83. The number of aromatic nitrogens is 1. The lowest BCUT2D eigenvalue weighted by Gasteiger charge is -2.11. The van der Waals surface area contributed by atoms with E-state index in [9.17, 15) is 0 Å². The molecule has 2 heteroatoms. The first-order valence-corrected chi connectivity index (χ1v) is 7.77. The van der Waals surface area contributed by atoms with Crippen molar-refractivity contribution in [2.75, 3.05) is 0 Å². The maximum Gasteiger partial charge on any atom is 0.112 e. The van der Waals surface area contributed by atoms with Gasteiger partial charge in [-0.1, -0.05) is 61.5 Å². The Morgan fingerprint density at radius 1 is 0.818 bits per heavy atom. The van der Waals surface area contributed by atoms with E-state index in [1.54, 1.807) is 0 Å². The van der Waals surface area contributed by atoms with Crippen LogP contribution in [0.4, 0.5) is 0 Å². The minimum atomic E-state index is 0.467. The van der Waals surface area contributed by atoms with Gasteiger partial charge in [-0.3, -0.25) is 4.98 Å². The van der Waals surface area contributed by atoms with Gasteiger partial charge < -0.3 is 0 Å². The van der Waals surface area contributed by atoms with Crippen LogP contribution in [0.2, 0.25) is 0 Å². The summed E-state index contributed by atoms with van der Waals surface area (Å²) in [4.78, 5) is 4.63. The number of benzene rings is 2. The van der Waals surface area contributed by atoms with Gasteiger partial charge in [-0.2, -0.15) is 0 Å². The second kappa shape index (κ2) is 6.19. The predicted octanol–water partition coefficient (Wildman–Crippen LogP) is 4.42. The van der Waals surface area contributed by atoms with Gasteiger partial charge in [0.1, 0.15) is 7.85 Å². The van der Waals surface area contributed by atoms with Crippen molar-refractivity contribution in [2.24, 2.45) is 0 Å². The van der Waals surface area contributed by atoms with Crippen LogP contribution >= 0.6 is 0 Å². The molecule has 3 rings (SSSR count). The summed E-state index contributed by atoms with van der Waals surface area (Å²) >= 11 is 0. The second-order valence-electron chi connectivity index (χ2n) is 6.02. The highest BCUT2D eigenvalue weighted by atomic mass is 14.7. The number of hydrogen-bond acceptors (Lipinski definition) is 1. The maximum atomic E-state index is 4.63. The Hall–Kier alpha value is -2.35. The Kier molecular flexibility index (Phi) is 4.10. The lowest BCUT2D eigenvalue weighted by molar-refractivity contribution is 0.972. The zero-order chi connectivity index (χ0) is 15.5. The van der Waals surface area contributed by atoms with Crippen LogP contribution in [-0.2, 0) is 0 Å². The first-order valence-electron chi connectivity index (χ1n) is 7.77. The summed E-state index contributed by atoms with van der Waals surface area (Å²) in [5, 5.41) is 0. The van der Waals surface area contributed by atoms with E-state index in [1.807, 2.05) is 12.3 Å². The molecule has 1 heterocycles. The summed E-state index contributed by atoms with van der Waals surface area (Å²) in [6.45, 7) is 4.33. The summed E-state index contributed by atoms with van der Waals surface area (Å²) in [7, 11) is 2.18. The maximum absolute atomic E-state index is 4.63. The lowest BCUT2D eigenvalue weighted by atomic mass is 9.84. The van der Waals surface area contributed by atoms with E-state index in [2.05, 4.69) is 81.3 Å². The van der Waals surface area contributed by atoms with Gasteiger partial charge in [-0.15, -0.1) is 0 Å². The molecule has 108 valence electrons. The van der Waals surface area contributed by atoms with Crippen LogP contribution in [0.15, 0.2) is 66.9 Å². The van der Waals surface area contributed by atoms with Crippen LogP contribution in [-0.4, -0.2) is 12.8 Å². The Morgan fingerprint density at radius 3 is 1.91 bits per heavy atom. The SMILES string of the molecule is BC(C)c1ncc(-c2ccc(-c3ccccc3)cc2)cc1C. The molecule has 22 heavy (non-hydrogen) atoms. The molecule has 0 fully saturated rings. The average Bonchev–Trinajstić information content (AvgIpc) is 2.55. The molecule has 0 radical (unpaired) electrons. The third-order valence-electron chi connectivity index (χ3n) is 3.99. The molecule has 0 aliphatic rings. The van der Waals surface area contributed by atoms with Crippen LogP contribution in [0.1, 0.15) is 24.0 Å². The molecule has 2 aromatic carbocycles. The monoisotopic (exact) mass is 285 g/mol. The molecule has 0 aliphatic heterocycles. The number of hydrogen-bond donors (Lipinski definition) is 0. The summed E-state index contributed by atoms with van der Waals surface area (Å²) in [5.41, 5.74) is 7.34. The van der Waals surface area contributed by atoms with Gasteiger partial charge in [0, 0.05) is 17.5 Å². The van der Waals surface area contributed by atoms with Crippen molar-refractivity contribution in [3.05, 3.63) is 78.1 Å². The average molecular weight is 285 g/mol. The van der Waals surface area contributed by atoms with Crippen molar-refractivity contribution in [3.63, 3.8) is 0 Å². The number of nitrogens with zero attached hydrogens (tertiary/aromatic N) is 1. The van der Waals surface area contributed by atoms with Gasteiger partial charge in [0.2, 0.25) is 0 Å². The molecule has 0 N–H and O–H groups in total. The Bertz CT molecular complexity index is 761. The molecule has 1 atom stereocenters. The first-order chi connectivity index (χ1) is 10.6. The van der Waals surface area contributed by atoms with Gasteiger partial charge in [0.25, 0.3) is 0 Å². The zero-order valence-electron chi connectivity index (χ0n) is 13.4. The van der Waals surface area contributed by atoms with Gasteiger partial charge in [0.15, 0.2) is 0 Å². The third kappa shape index (κ3) is 2.96. The molecule has 0 aliphatic carbocycles. The van der Waals surface area contributed by atoms with Gasteiger partial charge >= 0.3 is 0 Å². The largest absolute Gasteiger partial charge is 0.261 e. The quantitative estimate of drug-likeness (QED) is 0.649. The number of pyridine rings is 1. The van der Waals surface area contributed by atoms with Crippen molar-refractivity contribution in [3.8, 4) is 22.3 Å². The molecule has 0 bridgehead atoms. The summed E-state index contributed by atoms with van der Waals surface area (Å²) < 4.78 is 0. The molecule has 0 spiro atoms. The van der Waals surface area contributed by atoms with Crippen LogP contribution in [0, 0.1) is 6.92 Å². The van der Waals surface area contributed by atoms with Gasteiger partial charge in [0.05, 0.1) is 0 Å². The molecule has 3 aromatic rings. The van der Waals surface area contributed by atoms with E-state index in [-0.39, 0.29) is 0 Å².